The van der Waals surface area contributed by atoms with Crippen molar-refractivity contribution in [3.05, 3.63) is 0 Å². The molecule has 0 radical (unpaired) electrons. The largest absolute Gasteiger partial charge is 0.389 e. The summed E-state index contributed by atoms with van der Waals surface area (Å²) in [6.45, 7) is 7.07. The highest BCUT2D eigenvalue weighted by molar-refractivity contribution is 5.11. The molecular weight excluding hydrogens is 198 g/mol. The number of aliphatic hydroxyl groups is 1. The Morgan fingerprint density at radius 3 is 2.44 bits per heavy atom. The van der Waals surface area contributed by atoms with Gasteiger partial charge in [0, 0.05) is 12.0 Å². The van der Waals surface area contributed by atoms with Crippen LogP contribution in [0.5, 0.6) is 0 Å². The van der Waals surface area contributed by atoms with Crippen molar-refractivity contribution in [2.75, 3.05) is 6.54 Å². The van der Waals surface area contributed by atoms with Gasteiger partial charge in [0.25, 0.3) is 0 Å². The smallest absolute Gasteiger partial charge is 0.0738 e. The average molecular weight is 225 g/mol. The maximum atomic E-state index is 11.1. The summed E-state index contributed by atoms with van der Waals surface area (Å²) in [5, 5.41) is 11.1. The van der Waals surface area contributed by atoms with Gasteiger partial charge >= 0.3 is 0 Å². The van der Waals surface area contributed by atoms with Gasteiger partial charge in [0.2, 0.25) is 0 Å². The zero-order valence-electron chi connectivity index (χ0n) is 11.0. The number of nitrogens with two attached hydrogens (primary N) is 1. The molecule has 4 atom stereocenters. The molecule has 0 aromatic heterocycles. The first-order chi connectivity index (χ1) is 7.50. The maximum Gasteiger partial charge on any atom is 0.0738 e. The predicted octanol–water partition coefficient (Wildman–Crippen LogP) is 2.55. The van der Waals surface area contributed by atoms with Crippen molar-refractivity contribution in [1.29, 1.82) is 0 Å². The van der Waals surface area contributed by atoms with Gasteiger partial charge in [-0.3, -0.25) is 0 Å². The standard InChI is InChI=1S/C14H27NO/c1-4-14(16,10(2)3)13(9-15)8-11-5-6-12(13)7-11/h10-12,16H,4-9,15H2,1-3H3. The third-order valence-electron chi connectivity index (χ3n) is 5.70. The van der Waals surface area contributed by atoms with Crippen molar-refractivity contribution in [3.63, 3.8) is 0 Å². The van der Waals surface area contributed by atoms with Crippen LogP contribution in [0.1, 0.15) is 52.9 Å². The Morgan fingerprint density at radius 1 is 1.44 bits per heavy atom. The molecule has 3 N–H and O–H groups in total. The lowest BCUT2D eigenvalue weighted by Gasteiger charge is -2.52. The summed E-state index contributed by atoms with van der Waals surface area (Å²) in [7, 11) is 0. The van der Waals surface area contributed by atoms with Crippen molar-refractivity contribution in [1.82, 2.24) is 0 Å². The molecule has 16 heavy (non-hydrogen) atoms. The molecule has 0 aromatic carbocycles. The molecule has 94 valence electrons. The fourth-order valence-corrected chi connectivity index (χ4v) is 4.74. The van der Waals surface area contributed by atoms with Crippen LogP contribution in [-0.2, 0) is 0 Å². The lowest BCUT2D eigenvalue weighted by Crippen LogP contribution is -2.58. The molecule has 2 fully saturated rings. The topological polar surface area (TPSA) is 46.2 Å². The van der Waals surface area contributed by atoms with Gasteiger partial charge in [-0.25, -0.2) is 0 Å². The van der Waals surface area contributed by atoms with Crippen molar-refractivity contribution in [2.45, 2.75) is 58.5 Å². The lowest BCUT2D eigenvalue weighted by molar-refractivity contribution is -0.142. The minimum absolute atomic E-state index is 0.0127. The van der Waals surface area contributed by atoms with E-state index in [-0.39, 0.29) is 5.41 Å². The summed E-state index contributed by atoms with van der Waals surface area (Å²) in [4.78, 5) is 0. The first-order valence-corrected chi connectivity index (χ1v) is 6.92. The maximum absolute atomic E-state index is 11.1. The Kier molecular flexibility index (Phi) is 3.09. The van der Waals surface area contributed by atoms with E-state index in [4.69, 9.17) is 5.73 Å². The van der Waals surface area contributed by atoms with Gasteiger partial charge in [-0.1, -0.05) is 27.2 Å². The molecular formula is C14H27NO. The number of hydrogen-bond acceptors (Lipinski definition) is 2. The van der Waals surface area contributed by atoms with E-state index in [0.717, 1.165) is 18.8 Å². The van der Waals surface area contributed by atoms with E-state index >= 15 is 0 Å². The summed E-state index contributed by atoms with van der Waals surface area (Å²) in [6.07, 6.45) is 5.97. The van der Waals surface area contributed by atoms with E-state index < -0.39 is 5.60 Å². The van der Waals surface area contributed by atoms with Gasteiger partial charge in [0.15, 0.2) is 0 Å². The second kappa shape index (κ2) is 3.99. The van der Waals surface area contributed by atoms with Gasteiger partial charge in [0.1, 0.15) is 0 Å². The third kappa shape index (κ3) is 1.39. The summed E-state index contributed by atoms with van der Waals surface area (Å²) >= 11 is 0. The van der Waals surface area contributed by atoms with E-state index in [1.165, 1.54) is 19.3 Å². The first-order valence-electron chi connectivity index (χ1n) is 6.92. The summed E-state index contributed by atoms with van der Waals surface area (Å²) in [5.41, 5.74) is 5.55. The van der Waals surface area contributed by atoms with E-state index in [1.807, 2.05) is 0 Å². The van der Waals surface area contributed by atoms with Gasteiger partial charge in [-0.2, -0.15) is 0 Å². The van der Waals surface area contributed by atoms with Gasteiger partial charge in [0.05, 0.1) is 5.60 Å². The molecule has 2 heteroatoms. The third-order valence-corrected chi connectivity index (χ3v) is 5.70. The Labute approximate surface area is 99.6 Å². The highest BCUT2D eigenvalue weighted by Gasteiger charge is 2.60. The Hall–Kier alpha value is -0.0800. The fraction of sp³-hybridized carbons (Fsp3) is 1.00. The Bertz CT molecular complexity index is 265. The molecule has 0 spiro atoms. The van der Waals surface area contributed by atoms with Crippen molar-refractivity contribution < 1.29 is 5.11 Å². The average Bonchev–Trinajstić information content (AvgIpc) is 2.87. The van der Waals surface area contributed by atoms with Crippen LogP contribution < -0.4 is 5.73 Å². The lowest BCUT2D eigenvalue weighted by atomic mass is 9.57. The number of rotatable bonds is 4. The quantitative estimate of drug-likeness (QED) is 0.772. The van der Waals surface area contributed by atoms with Gasteiger partial charge < -0.3 is 10.8 Å². The zero-order chi connectivity index (χ0) is 12.0. The summed E-state index contributed by atoms with van der Waals surface area (Å²) in [6, 6.07) is 0. The molecule has 4 unspecified atom stereocenters. The fourth-order valence-electron chi connectivity index (χ4n) is 4.74. The first kappa shape index (κ1) is 12.4. The second-order valence-corrected chi connectivity index (χ2v) is 6.37. The van der Waals surface area contributed by atoms with Crippen molar-refractivity contribution >= 4 is 0 Å². The van der Waals surface area contributed by atoms with Crippen LogP contribution in [0.15, 0.2) is 0 Å². The van der Waals surface area contributed by atoms with Gasteiger partial charge in [-0.15, -0.1) is 0 Å². The zero-order valence-corrected chi connectivity index (χ0v) is 11.0. The van der Waals surface area contributed by atoms with Crippen LogP contribution in [0.4, 0.5) is 0 Å². The number of hydrogen-bond donors (Lipinski definition) is 2. The summed E-state index contributed by atoms with van der Waals surface area (Å²) in [5.74, 6) is 1.82. The van der Waals surface area contributed by atoms with Crippen LogP contribution in [0, 0.1) is 23.2 Å². The van der Waals surface area contributed by atoms with E-state index in [2.05, 4.69) is 20.8 Å². The van der Waals surface area contributed by atoms with E-state index in [9.17, 15) is 5.11 Å². The molecule has 0 aromatic rings. The van der Waals surface area contributed by atoms with Crippen LogP contribution in [0.2, 0.25) is 0 Å². The van der Waals surface area contributed by atoms with E-state index in [1.54, 1.807) is 0 Å². The normalized spacial score (nSPS) is 41.6. The molecule has 2 nitrogen and oxygen atoms in total. The van der Waals surface area contributed by atoms with E-state index in [0.29, 0.717) is 18.4 Å². The van der Waals surface area contributed by atoms with Crippen LogP contribution in [0.3, 0.4) is 0 Å². The molecule has 0 aliphatic heterocycles. The van der Waals surface area contributed by atoms with Crippen LogP contribution in [-0.4, -0.2) is 17.3 Å². The van der Waals surface area contributed by atoms with Crippen LogP contribution >= 0.6 is 0 Å². The molecule has 0 heterocycles. The van der Waals surface area contributed by atoms with Crippen LogP contribution in [0.25, 0.3) is 0 Å². The molecule has 2 rings (SSSR count). The number of fused-ring (bicyclic) bond motifs is 2. The highest BCUT2D eigenvalue weighted by Crippen LogP contribution is 2.62. The monoisotopic (exact) mass is 225 g/mol. The SMILES string of the molecule is CCC(O)(C(C)C)C1(CN)CC2CCC1C2. The predicted molar refractivity (Wildman–Crippen MR) is 67.0 cm³/mol. The van der Waals surface area contributed by atoms with Crippen molar-refractivity contribution in [2.24, 2.45) is 28.9 Å². The highest BCUT2D eigenvalue weighted by atomic mass is 16.3. The molecule has 2 aliphatic carbocycles. The van der Waals surface area contributed by atoms with Gasteiger partial charge in [-0.05, 0) is 43.4 Å². The molecule has 2 saturated carbocycles. The molecule has 2 aliphatic rings. The second-order valence-electron chi connectivity index (χ2n) is 6.37. The summed E-state index contributed by atoms with van der Waals surface area (Å²) < 4.78 is 0. The Morgan fingerprint density at radius 2 is 2.12 bits per heavy atom. The molecule has 2 bridgehead atoms. The molecule has 0 amide bonds. The molecule has 0 saturated heterocycles. The minimum Gasteiger partial charge on any atom is -0.389 e. The Balaban J connectivity index is 2.34. The minimum atomic E-state index is -0.554. The van der Waals surface area contributed by atoms with Crippen molar-refractivity contribution in [3.8, 4) is 0 Å².